The number of rotatable bonds is 4. The van der Waals surface area contributed by atoms with E-state index < -0.39 is 0 Å². The minimum Gasteiger partial charge on any atom is -0.488 e. The van der Waals surface area contributed by atoms with Crippen LogP contribution in [0.4, 0.5) is 0 Å². The fourth-order valence-electron chi connectivity index (χ4n) is 2.38. The van der Waals surface area contributed by atoms with Crippen molar-refractivity contribution in [1.82, 2.24) is 0 Å². The third kappa shape index (κ3) is 4.00. The van der Waals surface area contributed by atoms with E-state index in [4.69, 9.17) is 21.1 Å². The Morgan fingerprint density at radius 2 is 2.00 bits per heavy atom. The number of benzene rings is 2. The molecule has 4 heteroatoms. The van der Waals surface area contributed by atoms with E-state index in [1.807, 2.05) is 24.3 Å². The summed E-state index contributed by atoms with van der Waals surface area (Å²) < 4.78 is 12.2. The van der Waals surface area contributed by atoms with Crippen molar-refractivity contribution >= 4 is 27.5 Å². The van der Waals surface area contributed by atoms with Gasteiger partial charge in [-0.25, -0.2) is 0 Å². The molecule has 1 aliphatic rings. The molecular formula is C17H16BrClO2. The lowest BCUT2D eigenvalue weighted by Gasteiger charge is -2.12. The maximum atomic E-state index is 6.23. The van der Waals surface area contributed by atoms with Gasteiger partial charge in [0.15, 0.2) is 0 Å². The molecule has 0 spiro atoms. The van der Waals surface area contributed by atoms with Gasteiger partial charge in [0.1, 0.15) is 11.9 Å². The fraction of sp³-hybridized carbons (Fsp3) is 0.294. The Morgan fingerprint density at radius 1 is 1.19 bits per heavy atom. The summed E-state index contributed by atoms with van der Waals surface area (Å²) in [5.41, 5.74) is 2.33. The van der Waals surface area contributed by atoms with Crippen LogP contribution in [0.2, 0.25) is 5.02 Å². The van der Waals surface area contributed by atoms with E-state index in [0.29, 0.717) is 6.61 Å². The van der Waals surface area contributed by atoms with Crippen LogP contribution in [0.15, 0.2) is 46.9 Å². The van der Waals surface area contributed by atoms with E-state index in [-0.39, 0.29) is 6.10 Å². The van der Waals surface area contributed by atoms with E-state index in [2.05, 4.69) is 34.1 Å². The first-order chi connectivity index (χ1) is 10.2. The molecule has 1 aliphatic heterocycles. The molecule has 2 aromatic carbocycles. The van der Waals surface area contributed by atoms with Crippen LogP contribution in [-0.2, 0) is 11.2 Å². The van der Waals surface area contributed by atoms with Gasteiger partial charge in [0.05, 0.1) is 13.2 Å². The second-order valence-electron chi connectivity index (χ2n) is 5.16. The first-order valence-electron chi connectivity index (χ1n) is 6.98. The van der Waals surface area contributed by atoms with Crippen molar-refractivity contribution in [3.8, 4) is 5.75 Å². The quantitative estimate of drug-likeness (QED) is 0.768. The van der Waals surface area contributed by atoms with Crippen molar-refractivity contribution in [2.45, 2.75) is 18.9 Å². The zero-order valence-corrected chi connectivity index (χ0v) is 13.9. The predicted octanol–water partition coefficient (Wildman–Crippen LogP) is 4.86. The topological polar surface area (TPSA) is 18.5 Å². The fourth-order valence-corrected chi connectivity index (χ4v) is 2.98. The highest BCUT2D eigenvalue weighted by Gasteiger charge is 2.16. The average Bonchev–Trinajstić information content (AvgIpc) is 2.98. The highest BCUT2D eigenvalue weighted by Crippen LogP contribution is 2.25. The summed E-state index contributed by atoms with van der Waals surface area (Å²) in [7, 11) is 0. The maximum absolute atomic E-state index is 6.23. The molecule has 0 aliphatic carbocycles. The number of hydrogen-bond donors (Lipinski definition) is 0. The molecule has 0 bridgehead atoms. The van der Waals surface area contributed by atoms with Gasteiger partial charge in [-0.2, -0.15) is 0 Å². The first-order valence-corrected chi connectivity index (χ1v) is 8.15. The van der Waals surface area contributed by atoms with Crippen molar-refractivity contribution in [3.63, 3.8) is 0 Å². The van der Waals surface area contributed by atoms with E-state index in [1.165, 1.54) is 5.56 Å². The Morgan fingerprint density at radius 3 is 2.71 bits per heavy atom. The van der Waals surface area contributed by atoms with Crippen LogP contribution in [-0.4, -0.2) is 19.3 Å². The van der Waals surface area contributed by atoms with Crippen LogP contribution in [0, 0.1) is 0 Å². The van der Waals surface area contributed by atoms with E-state index in [0.717, 1.165) is 40.3 Å². The molecule has 2 nitrogen and oxygen atoms in total. The van der Waals surface area contributed by atoms with Crippen molar-refractivity contribution in [2.75, 3.05) is 13.2 Å². The molecule has 1 saturated heterocycles. The van der Waals surface area contributed by atoms with E-state index in [1.54, 1.807) is 0 Å². The van der Waals surface area contributed by atoms with Crippen LogP contribution in [0.25, 0.3) is 0 Å². The van der Waals surface area contributed by atoms with Crippen LogP contribution in [0.5, 0.6) is 5.75 Å². The molecule has 21 heavy (non-hydrogen) atoms. The molecule has 0 aromatic heterocycles. The van der Waals surface area contributed by atoms with Crippen LogP contribution in [0.3, 0.4) is 0 Å². The predicted molar refractivity (Wildman–Crippen MR) is 88.3 cm³/mol. The summed E-state index contributed by atoms with van der Waals surface area (Å²) >= 11 is 9.71. The largest absolute Gasteiger partial charge is 0.488 e. The Labute approximate surface area is 138 Å². The Hall–Kier alpha value is -1.03. The van der Waals surface area contributed by atoms with Gasteiger partial charge in [-0.3, -0.25) is 0 Å². The monoisotopic (exact) mass is 366 g/mol. The Balaban J connectivity index is 1.67. The molecule has 1 heterocycles. The molecule has 0 amide bonds. The number of hydrogen-bond acceptors (Lipinski definition) is 2. The molecule has 0 saturated carbocycles. The van der Waals surface area contributed by atoms with Gasteiger partial charge >= 0.3 is 0 Å². The maximum Gasteiger partial charge on any atom is 0.124 e. The first kappa shape index (κ1) is 14.9. The van der Waals surface area contributed by atoms with E-state index in [9.17, 15) is 0 Å². The van der Waals surface area contributed by atoms with Crippen LogP contribution in [0.1, 0.15) is 17.5 Å². The third-order valence-corrected chi connectivity index (χ3v) is 4.38. The Bertz CT molecular complexity index is 607. The van der Waals surface area contributed by atoms with Crippen molar-refractivity contribution in [2.24, 2.45) is 0 Å². The third-order valence-electron chi connectivity index (χ3n) is 3.52. The van der Waals surface area contributed by atoms with Crippen molar-refractivity contribution in [1.29, 1.82) is 0 Å². The number of ether oxygens (including phenoxy) is 2. The molecule has 0 unspecified atom stereocenters. The molecule has 2 aromatic rings. The molecule has 110 valence electrons. The molecule has 0 N–H and O–H groups in total. The second kappa shape index (κ2) is 6.82. The van der Waals surface area contributed by atoms with Gasteiger partial charge in [-0.15, -0.1) is 0 Å². The lowest BCUT2D eigenvalue weighted by molar-refractivity contribution is 0.141. The smallest absolute Gasteiger partial charge is 0.124 e. The van der Waals surface area contributed by atoms with Gasteiger partial charge in [-0.1, -0.05) is 39.7 Å². The molecule has 1 fully saturated rings. The molecular weight excluding hydrogens is 352 g/mol. The van der Waals surface area contributed by atoms with Gasteiger partial charge < -0.3 is 9.47 Å². The summed E-state index contributed by atoms with van der Waals surface area (Å²) in [6.45, 7) is 1.49. The summed E-state index contributed by atoms with van der Waals surface area (Å²) in [5, 5.41) is 0.793. The summed E-state index contributed by atoms with van der Waals surface area (Å²) in [6, 6.07) is 14.1. The lowest BCUT2D eigenvalue weighted by atomic mass is 10.0. The summed E-state index contributed by atoms with van der Waals surface area (Å²) in [4.78, 5) is 0. The highest BCUT2D eigenvalue weighted by atomic mass is 79.9. The zero-order chi connectivity index (χ0) is 14.7. The van der Waals surface area contributed by atoms with Gasteiger partial charge in [0.2, 0.25) is 0 Å². The minimum absolute atomic E-state index is 0.190. The summed E-state index contributed by atoms with van der Waals surface area (Å²) in [6.07, 6.45) is 1.97. The van der Waals surface area contributed by atoms with Crippen molar-refractivity contribution in [3.05, 3.63) is 63.1 Å². The van der Waals surface area contributed by atoms with Gasteiger partial charge in [-0.05, 0) is 47.9 Å². The molecule has 1 atom stereocenters. The number of halogens is 2. The van der Waals surface area contributed by atoms with Crippen molar-refractivity contribution < 1.29 is 9.47 Å². The van der Waals surface area contributed by atoms with Crippen LogP contribution >= 0.6 is 27.5 Å². The average molecular weight is 368 g/mol. The molecule has 0 radical (unpaired) electrons. The van der Waals surface area contributed by atoms with Gasteiger partial charge in [0, 0.05) is 15.9 Å². The lowest BCUT2D eigenvalue weighted by Crippen LogP contribution is -2.15. The summed E-state index contributed by atoms with van der Waals surface area (Å²) in [5.74, 6) is 0.898. The Kier molecular flexibility index (Phi) is 4.84. The minimum atomic E-state index is 0.190. The van der Waals surface area contributed by atoms with E-state index >= 15 is 0 Å². The SMILES string of the molecule is Clc1ccc(Br)cc1Cc1ccc(O[C@@H]2CCOC2)cc1. The van der Waals surface area contributed by atoms with Crippen LogP contribution < -0.4 is 4.74 Å². The normalized spacial score (nSPS) is 17.9. The van der Waals surface area contributed by atoms with Gasteiger partial charge in [0.25, 0.3) is 0 Å². The zero-order valence-electron chi connectivity index (χ0n) is 11.5. The molecule has 3 rings (SSSR count). The second-order valence-corrected chi connectivity index (χ2v) is 6.48. The highest BCUT2D eigenvalue weighted by molar-refractivity contribution is 9.10. The standard InChI is InChI=1S/C17H16BrClO2/c18-14-3-6-17(19)13(10-14)9-12-1-4-15(5-2-12)21-16-7-8-20-11-16/h1-6,10,16H,7-9,11H2/t16-/m1/s1.